The van der Waals surface area contributed by atoms with E-state index in [1.807, 2.05) is 4.90 Å². The average molecular weight is 378 g/mol. The maximum Gasteiger partial charge on any atom is 0.219 e. The van der Waals surface area contributed by atoms with E-state index in [4.69, 9.17) is 4.98 Å². The first-order valence-corrected chi connectivity index (χ1v) is 10.6. The van der Waals surface area contributed by atoms with E-state index in [9.17, 15) is 9.18 Å². The van der Waals surface area contributed by atoms with Crippen LogP contribution in [0.4, 0.5) is 4.39 Å². The molecule has 6 nitrogen and oxygen atoms in total. The van der Waals surface area contributed by atoms with Crippen LogP contribution in [0.25, 0.3) is 0 Å². The predicted molar refractivity (Wildman–Crippen MR) is 101 cm³/mol. The quantitative estimate of drug-likeness (QED) is 0.876. The Labute approximate surface area is 160 Å². The molecule has 3 aliphatic rings. The highest BCUT2D eigenvalue weighted by Crippen LogP contribution is 2.36. The highest BCUT2D eigenvalue weighted by atomic mass is 19.1. The van der Waals surface area contributed by atoms with Crippen molar-refractivity contribution in [2.24, 2.45) is 5.92 Å². The van der Waals surface area contributed by atoms with Crippen LogP contribution in [0.15, 0.2) is 0 Å². The highest BCUT2D eigenvalue weighted by Gasteiger charge is 2.40. The first-order chi connectivity index (χ1) is 13.2. The molecule has 7 heteroatoms. The van der Waals surface area contributed by atoms with Crippen LogP contribution in [-0.2, 0) is 4.79 Å². The molecule has 3 heterocycles. The molecule has 1 aromatic rings. The Morgan fingerprint density at radius 2 is 1.89 bits per heavy atom. The minimum atomic E-state index is -0.313. The van der Waals surface area contributed by atoms with Gasteiger partial charge >= 0.3 is 0 Å². The van der Waals surface area contributed by atoms with Crippen LogP contribution < -0.4 is 0 Å². The number of nitrogens with zero attached hydrogens (tertiary/aromatic N) is 4. The second-order valence-corrected chi connectivity index (χ2v) is 8.63. The topological polar surface area (TPSA) is 65.1 Å². The molecular weight excluding hydrogens is 345 g/mol. The van der Waals surface area contributed by atoms with E-state index in [-0.39, 0.29) is 24.4 Å². The Bertz CT molecular complexity index is 636. The maximum absolute atomic E-state index is 13.8. The van der Waals surface area contributed by atoms with Gasteiger partial charge < -0.3 is 4.90 Å². The maximum atomic E-state index is 13.8. The van der Waals surface area contributed by atoms with Crippen LogP contribution in [0, 0.1) is 5.92 Å². The molecule has 2 aliphatic heterocycles. The summed E-state index contributed by atoms with van der Waals surface area (Å²) in [4.78, 5) is 20.7. The van der Waals surface area contributed by atoms with Crippen molar-refractivity contribution in [3.05, 3.63) is 11.6 Å². The molecular formula is C20H32FN5O. The number of aromatic amines is 1. The van der Waals surface area contributed by atoms with Gasteiger partial charge in [-0.05, 0) is 25.7 Å². The number of hydrogen-bond acceptors (Lipinski definition) is 4. The molecule has 1 aliphatic carbocycles. The Morgan fingerprint density at radius 1 is 1.15 bits per heavy atom. The number of nitrogens with one attached hydrogen (secondary N) is 1. The molecule has 27 heavy (non-hydrogen) atoms. The molecule has 1 saturated carbocycles. The van der Waals surface area contributed by atoms with E-state index < -0.39 is 0 Å². The fraction of sp³-hybridized carbons (Fsp3) is 0.850. The number of aromatic nitrogens is 3. The number of hydrogen-bond donors (Lipinski definition) is 1. The Balaban J connectivity index is 1.40. The minimum Gasteiger partial charge on any atom is -0.343 e. The molecule has 2 atom stereocenters. The van der Waals surface area contributed by atoms with Gasteiger partial charge in [-0.15, -0.1) is 0 Å². The molecule has 2 saturated heterocycles. The van der Waals surface area contributed by atoms with Gasteiger partial charge in [0.2, 0.25) is 5.91 Å². The summed E-state index contributed by atoms with van der Waals surface area (Å²) < 4.78 is 13.8. The summed E-state index contributed by atoms with van der Waals surface area (Å²) in [5.41, 5.74) is 0. The van der Waals surface area contributed by atoms with Gasteiger partial charge in [-0.25, -0.2) is 4.98 Å². The molecule has 1 N–H and O–H groups in total. The highest BCUT2D eigenvalue weighted by molar-refractivity contribution is 5.73. The van der Waals surface area contributed by atoms with Crippen molar-refractivity contribution in [1.82, 2.24) is 25.0 Å². The normalized spacial score (nSPS) is 28.7. The zero-order chi connectivity index (χ0) is 18.8. The van der Waals surface area contributed by atoms with Gasteiger partial charge in [-0.2, -0.15) is 5.10 Å². The van der Waals surface area contributed by atoms with Gasteiger partial charge in [-0.3, -0.25) is 19.2 Å². The molecule has 3 fully saturated rings. The van der Waals surface area contributed by atoms with Crippen LogP contribution in [0.3, 0.4) is 0 Å². The summed E-state index contributed by atoms with van der Waals surface area (Å²) in [6.45, 7) is 4.58. The van der Waals surface area contributed by atoms with E-state index in [2.05, 4.69) is 15.1 Å². The lowest BCUT2D eigenvalue weighted by Gasteiger charge is -2.36. The van der Waals surface area contributed by atoms with E-state index in [1.165, 1.54) is 32.1 Å². The molecule has 1 amide bonds. The van der Waals surface area contributed by atoms with E-state index >= 15 is 0 Å². The lowest BCUT2D eigenvalue weighted by Crippen LogP contribution is -2.45. The fourth-order valence-electron chi connectivity index (χ4n) is 5.21. The standard InChI is InChI=1S/C20H32FN5O/c1-14(27)25-9-7-17(8-10-25)26-12-16(11-21)18(13-26)20-22-19(23-24-20)15-5-3-2-4-6-15/h15-18H,2-13H2,1H3,(H,22,23,24)/t16-,18-/m1/s1. The van der Waals surface area contributed by atoms with Gasteiger partial charge in [0.05, 0.1) is 6.67 Å². The minimum absolute atomic E-state index is 0.0111. The number of piperidine rings is 1. The summed E-state index contributed by atoms with van der Waals surface area (Å²) in [7, 11) is 0. The van der Waals surface area contributed by atoms with Gasteiger partial charge in [0.25, 0.3) is 0 Å². The third-order valence-corrected chi connectivity index (χ3v) is 6.94. The molecule has 0 unspecified atom stereocenters. The van der Waals surface area contributed by atoms with Gasteiger partial charge in [0, 0.05) is 56.9 Å². The largest absolute Gasteiger partial charge is 0.343 e. The zero-order valence-electron chi connectivity index (χ0n) is 16.4. The number of carbonyl (C=O) groups is 1. The predicted octanol–water partition coefficient (Wildman–Crippen LogP) is 2.85. The average Bonchev–Trinajstić information content (AvgIpc) is 3.35. The fourth-order valence-corrected chi connectivity index (χ4v) is 5.21. The first kappa shape index (κ1) is 18.8. The number of alkyl halides is 1. The van der Waals surface area contributed by atoms with Crippen molar-refractivity contribution >= 4 is 5.91 Å². The number of likely N-dealkylation sites (tertiary alicyclic amines) is 2. The van der Waals surface area contributed by atoms with Crippen molar-refractivity contribution < 1.29 is 9.18 Å². The van der Waals surface area contributed by atoms with Crippen molar-refractivity contribution in [3.63, 3.8) is 0 Å². The van der Waals surface area contributed by atoms with Crippen LogP contribution in [0.1, 0.15) is 75.4 Å². The summed E-state index contributed by atoms with van der Waals surface area (Å²) in [6.07, 6.45) is 8.15. The Kier molecular flexibility index (Phi) is 5.76. The molecule has 0 bridgehead atoms. The molecule has 0 aromatic carbocycles. The number of carbonyl (C=O) groups excluding carboxylic acids is 1. The molecule has 0 radical (unpaired) electrons. The second-order valence-electron chi connectivity index (χ2n) is 8.63. The summed E-state index contributed by atoms with van der Waals surface area (Å²) in [6, 6.07) is 0.445. The van der Waals surface area contributed by atoms with Crippen molar-refractivity contribution in [2.75, 3.05) is 32.9 Å². The van der Waals surface area contributed by atoms with Gasteiger partial charge in [0.1, 0.15) is 5.82 Å². The zero-order valence-corrected chi connectivity index (χ0v) is 16.4. The Morgan fingerprint density at radius 3 is 2.56 bits per heavy atom. The summed E-state index contributed by atoms with van der Waals surface area (Å²) >= 11 is 0. The smallest absolute Gasteiger partial charge is 0.219 e. The molecule has 4 rings (SSSR count). The molecule has 0 spiro atoms. The SMILES string of the molecule is CC(=O)N1CCC(N2C[C@@H](CF)[C@H](c3nc(C4CCCCC4)n[nH]3)C2)CC1. The third-order valence-electron chi connectivity index (χ3n) is 6.94. The van der Waals surface area contributed by atoms with Gasteiger partial charge in [-0.1, -0.05) is 19.3 Å². The number of amides is 1. The van der Waals surface area contributed by atoms with Crippen LogP contribution in [0.5, 0.6) is 0 Å². The number of rotatable bonds is 4. The first-order valence-electron chi connectivity index (χ1n) is 10.6. The van der Waals surface area contributed by atoms with Crippen LogP contribution >= 0.6 is 0 Å². The monoisotopic (exact) mass is 377 g/mol. The third kappa shape index (κ3) is 4.03. The van der Waals surface area contributed by atoms with Crippen LogP contribution in [-0.4, -0.2) is 69.8 Å². The van der Waals surface area contributed by atoms with Crippen molar-refractivity contribution in [1.29, 1.82) is 0 Å². The summed E-state index contributed by atoms with van der Waals surface area (Å²) in [5, 5.41) is 7.65. The van der Waals surface area contributed by atoms with E-state index in [0.717, 1.165) is 50.7 Å². The molecule has 150 valence electrons. The van der Waals surface area contributed by atoms with E-state index in [0.29, 0.717) is 12.0 Å². The molecule has 1 aromatic heterocycles. The van der Waals surface area contributed by atoms with Crippen molar-refractivity contribution in [3.8, 4) is 0 Å². The Hall–Kier alpha value is -1.50. The van der Waals surface area contributed by atoms with Crippen LogP contribution in [0.2, 0.25) is 0 Å². The van der Waals surface area contributed by atoms with Crippen molar-refractivity contribution in [2.45, 2.75) is 69.7 Å². The summed E-state index contributed by atoms with van der Waals surface area (Å²) in [5.74, 6) is 2.54. The lowest BCUT2D eigenvalue weighted by atomic mass is 9.89. The van der Waals surface area contributed by atoms with Gasteiger partial charge in [0.15, 0.2) is 5.82 Å². The lowest BCUT2D eigenvalue weighted by molar-refractivity contribution is -0.130. The number of halogens is 1. The van der Waals surface area contributed by atoms with E-state index in [1.54, 1.807) is 6.92 Å². The number of H-pyrrole nitrogens is 1. The second kappa shape index (κ2) is 8.25.